The predicted molar refractivity (Wildman–Crippen MR) is 49.9 cm³/mol. The first kappa shape index (κ1) is 12.4. The van der Waals surface area contributed by atoms with E-state index in [-0.39, 0.29) is 8.80 Å². The summed E-state index contributed by atoms with van der Waals surface area (Å²) < 4.78 is 0. The average Bonchev–Trinajstić information content (AvgIpc) is 1.63. The third-order valence-corrected chi connectivity index (χ3v) is 0.353. The second-order valence-electron chi connectivity index (χ2n) is 3.44. The molecule has 0 aromatic heterocycles. The highest BCUT2D eigenvalue weighted by Crippen LogP contribution is 1.93. The van der Waals surface area contributed by atoms with E-state index in [1.807, 2.05) is 0 Å². The van der Waals surface area contributed by atoms with Crippen molar-refractivity contribution in [3.8, 4) is 12.3 Å². The van der Waals surface area contributed by atoms with Crippen molar-refractivity contribution in [3.05, 3.63) is 0 Å². The lowest BCUT2D eigenvalue weighted by atomic mass is 10.2. The second-order valence-corrected chi connectivity index (χ2v) is 6.90. The Morgan fingerprint density at radius 3 is 1.40 bits per heavy atom. The van der Waals surface area contributed by atoms with Crippen LogP contribution in [0, 0.1) is 12.3 Å². The smallest absolute Gasteiger partial charge is 0.119 e. The van der Waals surface area contributed by atoms with Gasteiger partial charge < -0.3 is 5.11 Å². The molecule has 0 aliphatic carbocycles. The lowest BCUT2D eigenvalue weighted by molar-refractivity contribution is 0.144. The van der Waals surface area contributed by atoms with Gasteiger partial charge in [0, 0.05) is 8.80 Å². The Balaban J connectivity index is 0. The second kappa shape index (κ2) is 5.52. The fourth-order valence-corrected chi connectivity index (χ4v) is 0. The van der Waals surface area contributed by atoms with Gasteiger partial charge in [-0.05, 0) is 13.8 Å². The van der Waals surface area contributed by atoms with Crippen LogP contribution >= 0.6 is 0 Å². The van der Waals surface area contributed by atoms with Crippen molar-refractivity contribution < 1.29 is 5.11 Å². The van der Waals surface area contributed by atoms with Crippen molar-refractivity contribution in [1.29, 1.82) is 0 Å². The molecule has 0 spiro atoms. The van der Waals surface area contributed by atoms with Gasteiger partial charge in [0.05, 0.1) is 0 Å². The van der Waals surface area contributed by atoms with Gasteiger partial charge in [0.25, 0.3) is 0 Å². The van der Waals surface area contributed by atoms with Gasteiger partial charge in [-0.25, -0.2) is 0 Å². The van der Waals surface area contributed by atoms with E-state index in [0.717, 1.165) is 0 Å². The molecule has 0 radical (unpaired) electrons. The van der Waals surface area contributed by atoms with Gasteiger partial charge in [0.1, 0.15) is 5.60 Å². The third-order valence-electron chi connectivity index (χ3n) is 0.353. The van der Waals surface area contributed by atoms with Crippen molar-refractivity contribution in [2.45, 2.75) is 39.1 Å². The molecule has 0 aliphatic heterocycles. The minimum absolute atomic E-state index is 0.139. The van der Waals surface area contributed by atoms with E-state index in [1.165, 1.54) is 0 Å². The van der Waals surface area contributed by atoms with Crippen LogP contribution in [0.2, 0.25) is 19.6 Å². The minimum atomic E-state index is -0.931. The molecular weight excluding hydrogens is 140 g/mol. The van der Waals surface area contributed by atoms with Gasteiger partial charge in [0.2, 0.25) is 0 Å². The van der Waals surface area contributed by atoms with Crippen LogP contribution in [0.3, 0.4) is 0 Å². The first-order valence-corrected chi connectivity index (χ1v) is 6.96. The maximum absolute atomic E-state index is 8.59. The molecule has 0 saturated heterocycles. The van der Waals surface area contributed by atoms with Gasteiger partial charge in [-0.2, -0.15) is 0 Å². The molecule has 0 fully saturated rings. The molecule has 60 valence electrons. The predicted octanol–water partition coefficient (Wildman–Crippen LogP) is 1.49. The zero-order valence-corrected chi connectivity index (χ0v) is 8.76. The first-order valence-electron chi connectivity index (χ1n) is 3.49. The molecule has 0 aromatic carbocycles. The van der Waals surface area contributed by atoms with Crippen LogP contribution in [0.15, 0.2) is 0 Å². The maximum atomic E-state index is 8.59. The molecule has 1 nitrogen and oxygen atoms in total. The van der Waals surface area contributed by atoms with Crippen molar-refractivity contribution in [3.63, 3.8) is 0 Å². The first-order chi connectivity index (χ1) is 4.29. The van der Waals surface area contributed by atoms with Gasteiger partial charge >= 0.3 is 0 Å². The normalized spacial score (nSPS) is 9.80. The Hall–Kier alpha value is -0.263. The van der Waals surface area contributed by atoms with Crippen molar-refractivity contribution in [1.82, 2.24) is 0 Å². The molecule has 0 heterocycles. The number of hydrogen-bond donors (Lipinski definition) is 1. The van der Waals surface area contributed by atoms with E-state index in [4.69, 9.17) is 11.5 Å². The maximum Gasteiger partial charge on any atom is 0.119 e. The van der Waals surface area contributed by atoms with Crippen molar-refractivity contribution >= 4 is 8.80 Å². The molecule has 0 rings (SSSR count). The summed E-state index contributed by atoms with van der Waals surface area (Å²) in [6.07, 6.45) is 4.81. The monoisotopic (exact) mass is 158 g/mol. The molecule has 1 N–H and O–H groups in total. The van der Waals surface area contributed by atoms with Gasteiger partial charge in [-0.3, -0.25) is 0 Å². The molecule has 10 heavy (non-hydrogen) atoms. The summed E-state index contributed by atoms with van der Waals surface area (Å²) in [7, 11) is -0.139. The van der Waals surface area contributed by atoms with Crippen molar-refractivity contribution in [2.75, 3.05) is 0 Å². The van der Waals surface area contributed by atoms with Crippen molar-refractivity contribution in [2.24, 2.45) is 0 Å². The molecule has 0 aliphatic rings. The summed E-state index contributed by atoms with van der Waals surface area (Å²) in [6.45, 7) is 10.0. The number of aliphatic hydroxyl groups is 1. The highest BCUT2D eigenvalue weighted by atomic mass is 28.3. The van der Waals surface area contributed by atoms with Gasteiger partial charge in [-0.15, -0.1) is 6.42 Å². The summed E-state index contributed by atoms with van der Waals surface area (Å²) in [5.41, 5.74) is -0.931. The van der Waals surface area contributed by atoms with E-state index in [9.17, 15) is 0 Å². The Morgan fingerprint density at radius 1 is 1.30 bits per heavy atom. The van der Waals surface area contributed by atoms with Crippen LogP contribution in [0.25, 0.3) is 0 Å². The molecule has 0 unspecified atom stereocenters. The average molecular weight is 158 g/mol. The topological polar surface area (TPSA) is 20.2 Å². The summed E-state index contributed by atoms with van der Waals surface area (Å²) in [5, 5.41) is 8.59. The van der Waals surface area contributed by atoms with E-state index < -0.39 is 5.60 Å². The summed E-state index contributed by atoms with van der Waals surface area (Å²) >= 11 is 0. The Kier molecular flexibility index (Phi) is 6.85. The molecule has 2 heteroatoms. The van der Waals surface area contributed by atoms with Gasteiger partial charge in [0.15, 0.2) is 0 Å². The highest BCUT2D eigenvalue weighted by molar-refractivity contribution is 6.54. The number of rotatable bonds is 0. The van der Waals surface area contributed by atoms with E-state index in [2.05, 4.69) is 25.6 Å². The molecular formula is C8H18OSi. The van der Waals surface area contributed by atoms with E-state index >= 15 is 0 Å². The Labute approximate surface area is 66.1 Å². The highest BCUT2D eigenvalue weighted by Gasteiger charge is 2.03. The zero-order valence-electron chi connectivity index (χ0n) is 7.60. The number of terminal acetylenes is 1. The van der Waals surface area contributed by atoms with Crippen LogP contribution in [0.5, 0.6) is 0 Å². The van der Waals surface area contributed by atoms with Crippen LogP contribution in [0.1, 0.15) is 13.8 Å². The molecule has 0 atom stereocenters. The molecule has 0 saturated carbocycles. The summed E-state index contributed by atoms with van der Waals surface area (Å²) in [5.74, 6) is 2.16. The Bertz CT molecular complexity index is 103. The lowest BCUT2D eigenvalue weighted by Gasteiger charge is -2.04. The van der Waals surface area contributed by atoms with E-state index in [1.54, 1.807) is 13.8 Å². The van der Waals surface area contributed by atoms with Crippen LogP contribution < -0.4 is 0 Å². The standard InChI is InChI=1S/C5H8O.C3H10Si/c1-4-5(2,3)6;1-4(2)3/h1,6H,2-3H3;4H,1-3H3. The third kappa shape index (κ3) is 46.9. The Morgan fingerprint density at radius 2 is 1.40 bits per heavy atom. The molecule has 0 bridgehead atoms. The molecule has 0 aromatic rings. The minimum Gasteiger partial charge on any atom is -0.378 e. The molecule has 0 amide bonds. The summed E-state index contributed by atoms with van der Waals surface area (Å²) in [6, 6.07) is 0. The largest absolute Gasteiger partial charge is 0.378 e. The quantitative estimate of drug-likeness (QED) is 0.418. The number of hydrogen-bond acceptors (Lipinski definition) is 1. The SMILES string of the molecule is C#CC(C)(C)O.C[SiH](C)C. The fourth-order valence-electron chi connectivity index (χ4n) is 0. The fraction of sp³-hybridized carbons (Fsp3) is 0.750. The lowest BCUT2D eigenvalue weighted by Crippen LogP contribution is -2.13. The van der Waals surface area contributed by atoms with Crippen LogP contribution in [0.4, 0.5) is 0 Å². The van der Waals surface area contributed by atoms with Crippen LogP contribution in [-0.2, 0) is 0 Å². The van der Waals surface area contributed by atoms with E-state index in [0.29, 0.717) is 0 Å². The summed E-state index contributed by atoms with van der Waals surface area (Å²) in [4.78, 5) is 0. The van der Waals surface area contributed by atoms with Crippen LogP contribution in [-0.4, -0.2) is 19.5 Å². The zero-order chi connectivity index (χ0) is 8.78. The van der Waals surface area contributed by atoms with Gasteiger partial charge in [-0.1, -0.05) is 25.6 Å².